The molecule has 0 saturated carbocycles. The Morgan fingerprint density at radius 2 is 2.14 bits per heavy atom. The van der Waals surface area contributed by atoms with Crippen LogP contribution in [0.25, 0.3) is 0 Å². The molecule has 4 nitrogen and oxygen atoms in total. The van der Waals surface area contributed by atoms with Crippen LogP contribution in [0.5, 0.6) is 0 Å². The molecule has 6 heteroatoms. The van der Waals surface area contributed by atoms with E-state index in [1.54, 1.807) is 18.2 Å². The van der Waals surface area contributed by atoms with E-state index in [1.165, 1.54) is 0 Å². The van der Waals surface area contributed by atoms with Crippen LogP contribution in [0.1, 0.15) is 29.6 Å². The zero-order valence-corrected chi connectivity index (χ0v) is 14.2. The number of rotatable bonds is 5. The SMILES string of the molecule is NCCCOC1CCN(C(=O)c2ccc(Cl)c(Br)c2)CC1. The van der Waals surface area contributed by atoms with E-state index in [1.807, 2.05) is 4.90 Å². The summed E-state index contributed by atoms with van der Waals surface area (Å²) in [4.78, 5) is 14.3. The number of carbonyl (C=O) groups excluding carboxylic acids is 1. The molecule has 116 valence electrons. The van der Waals surface area contributed by atoms with Crippen molar-refractivity contribution < 1.29 is 9.53 Å². The fourth-order valence-electron chi connectivity index (χ4n) is 2.37. The second-order valence-corrected chi connectivity index (χ2v) is 6.40. The summed E-state index contributed by atoms with van der Waals surface area (Å²) in [6, 6.07) is 5.27. The van der Waals surface area contributed by atoms with Crippen LogP contribution in [0.2, 0.25) is 5.02 Å². The lowest BCUT2D eigenvalue weighted by Crippen LogP contribution is -2.41. The van der Waals surface area contributed by atoms with Crippen molar-refractivity contribution in [3.63, 3.8) is 0 Å². The predicted molar refractivity (Wildman–Crippen MR) is 87.7 cm³/mol. The van der Waals surface area contributed by atoms with Crippen LogP contribution in [-0.4, -0.2) is 43.2 Å². The molecule has 2 rings (SSSR count). The number of carbonyl (C=O) groups is 1. The number of piperidine rings is 1. The summed E-state index contributed by atoms with van der Waals surface area (Å²) in [5, 5.41) is 0.610. The number of halogens is 2. The van der Waals surface area contributed by atoms with Gasteiger partial charge in [0.05, 0.1) is 11.1 Å². The molecule has 0 unspecified atom stereocenters. The van der Waals surface area contributed by atoms with E-state index in [2.05, 4.69) is 15.9 Å². The predicted octanol–water partition coefficient (Wildman–Crippen LogP) is 3.07. The number of hydrogen-bond acceptors (Lipinski definition) is 3. The minimum Gasteiger partial charge on any atom is -0.378 e. The van der Waals surface area contributed by atoms with Crippen molar-refractivity contribution >= 4 is 33.4 Å². The standard InChI is InChI=1S/C15H20BrClN2O2/c16-13-10-11(2-3-14(13)17)15(20)19-7-4-12(5-8-19)21-9-1-6-18/h2-3,10,12H,1,4-9,18H2. The van der Waals surface area contributed by atoms with Gasteiger partial charge in [0.15, 0.2) is 0 Å². The van der Waals surface area contributed by atoms with Crippen LogP contribution in [-0.2, 0) is 4.74 Å². The van der Waals surface area contributed by atoms with Crippen LogP contribution in [0.3, 0.4) is 0 Å². The Morgan fingerprint density at radius 3 is 2.76 bits per heavy atom. The average molecular weight is 376 g/mol. The summed E-state index contributed by atoms with van der Waals surface area (Å²) in [6.07, 6.45) is 2.89. The van der Waals surface area contributed by atoms with Crippen LogP contribution in [0, 0.1) is 0 Å². The van der Waals surface area contributed by atoms with Gasteiger partial charge >= 0.3 is 0 Å². The Kier molecular flexibility index (Phi) is 6.48. The van der Waals surface area contributed by atoms with Crippen molar-refractivity contribution in [3.05, 3.63) is 33.3 Å². The summed E-state index contributed by atoms with van der Waals surface area (Å²) in [7, 11) is 0. The molecule has 1 aliphatic heterocycles. The van der Waals surface area contributed by atoms with Gasteiger partial charge in [0.25, 0.3) is 5.91 Å². The first-order valence-corrected chi connectivity index (χ1v) is 8.35. The fourth-order valence-corrected chi connectivity index (χ4v) is 2.87. The average Bonchev–Trinajstić information content (AvgIpc) is 2.50. The molecule has 0 bridgehead atoms. The third kappa shape index (κ3) is 4.68. The van der Waals surface area contributed by atoms with Gasteiger partial charge in [-0.05, 0) is 59.9 Å². The van der Waals surface area contributed by atoms with E-state index in [-0.39, 0.29) is 12.0 Å². The maximum absolute atomic E-state index is 12.4. The van der Waals surface area contributed by atoms with Gasteiger partial charge in [0.1, 0.15) is 0 Å². The summed E-state index contributed by atoms with van der Waals surface area (Å²) in [6.45, 7) is 2.82. The van der Waals surface area contributed by atoms with Crippen molar-refractivity contribution in [1.82, 2.24) is 4.90 Å². The maximum atomic E-state index is 12.4. The molecule has 2 N–H and O–H groups in total. The molecule has 1 aliphatic rings. The van der Waals surface area contributed by atoms with Crippen molar-refractivity contribution in [2.24, 2.45) is 5.73 Å². The fraction of sp³-hybridized carbons (Fsp3) is 0.533. The highest BCUT2D eigenvalue weighted by molar-refractivity contribution is 9.10. The monoisotopic (exact) mass is 374 g/mol. The van der Waals surface area contributed by atoms with E-state index in [0.29, 0.717) is 23.7 Å². The van der Waals surface area contributed by atoms with E-state index in [0.717, 1.165) is 36.8 Å². The van der Waals surface area contributed by atoms with Crippen LogP contribution in [0.15, 0.2) is 22.7 Å². The molecule has 0 aromatic heterocycles. The highest BCUT2D eigenvalue weighted by Crippen LogP contribution is 2.24. The minimum absolute atomic E-state index is 0.0489. The molecule has 0 aliphatic carbocycles. The summed E-state index contributed by atoms with van der Waals surface area (Å²) in [5.41, 5.74) is 6.11. The molecule has 0 atom stereocenters. The third-order valence-corrected chi connectivity index (χ3v) is 4.81. The lowest BCUT2D eigenvalue weighted by Gasteiger charge is -2.32. The number of hydrogen-bond donors (Lipinski definition) is 1. The van der Waals surface area contributed by atoms with Crippen LogP contribution in [0.4, 0.5) is 0 Å². The van der Waals surface area contributed by atoms with E-state index in [9.17, 15) is 4.79 Å². The van der Waals surface area contributed by atoms with Crippen molar-refractivity contribution in [2.75, 3.05) is 26.2 Å². The topological polar surface area (TPSA) is 55.6 Å². The molecule has 1 fully saturated rings. The Morgan fingerprint density at radius 1 is 1.43 bits per heavy atom. The number of ether oxygens (including phenoxy) is 1. The number of amides is 1. The van der Waals surface area contributed by atoms with Gasteiger partial charge < -0.3 is 15.4 Å². The van der Waals surface area contributed by atoms with Gasteiger partial charge in [-0.2, -0.15) is 0 Å². The second kappa shape index (κ2) is 8.13. The molecule has 1 aromatic carbocycles. The first kappa shape index (κ1) is 16.7. The summed E-state index contributed by atoms with van der Waals surface area (Å²) >= 11 is 9.30. The van der Waals surface area contributed by atoms with E-state index in [4.69, 9.17) is 22.1 Å². The Balaban J connectivity index is 1.86. The molecule has 21 heavy (non-hydrogen) atoms. The Bertz CT molecular complexity index is 491. The number of nitrogens with zero attached hydrogens (tertiary/aromatic N) is 1. The highest BCUT2D eigenvalue weighted by Gasteiger charge is 2.24. The smallest absolute Gasteiger partial charge is 0.253 e. The summed E-state index contributed by atoms with van der Waals surface area (Å²) < 4.78 is 6.49. The van der Waals surface area contributed by atoms with Gasteiger partial charge in [-0.1, -0.05) is 11.6 Å². The molecule has 1 heterocycles. The quantitative estimate of drug-likeness (QED) is 0.805. The Hall–Kier alpha value is -0.620. The summed E-state index contributed by atoms with van der Waals surface area (Å²) in [5.74, 6) is 0.0489. The van der Waals surface area contributed by atoms with Crippen molar-refractivity contribution in [2.45, 2.75) is 25.4 Å². The van der Waals surface area contributed by atoms with Crippen molar-refractivity contribution in [3.8, 4) is 0 Å². The van der Waals surface area contributed by atoms with Crippen molar-refractivity contribution in [1.29, 1.82) is 0 Å². The number of nitrogens with two attached hydrogens (primary N) is 1. The zero-order valence-electron chi connectivity index (χ0n) is 11.9. The highest BCUT2D eigenvalue weighted by atomic mass is 79.9. The largest absolute Gasteiger partial charge is 0.378 e. The second-order valence-electron chi connectivity index (χ2n) is 5.13. The molecule has 1 saturated heterocycles. The minimum atomic E-state index is 0.0489. The molecular weight excluding hydrogens is 356 g/mol. The Labute approximate surface area is 138 Å². The van der Waals surface area contributed by atoms with Gasteiger partial charge in [-0.25, -0.2) is 0 Å². The third-order valence-electron chi connectivity index (χ3n) is 3.60. The molecule has 0 spiro atoms. The number of likely N-dealkylation sites (tertiary alicyclic amines) is 1. The van der Waals surface area contributed by atoms with Gasteiger partial charge in [-0.3, -0.25) is 4.79 Å². The lowest BCUT2D eigenvalue weighted by atomic mass is 10.1. The van der Waals surface area contributed by atoms with E-state index >= 15 is 0 Å². The van der Waals surface area contributed by atoms with Gasteiger partial charge in [0, 0.05) is 29.7 Å². The lowest BCUT2D eigenvalue weighted by molar-refractivity contribution is 0.00844. The number of benzene rings is 1. The molecule has 1 aromatic rings. The molecule has 1 amide bonds. The van der Waals surface area contributed by atoms with E-state index < -0.39 is 0 Å². The van der Waals surface area contributed by atoms with Gasteiger partial charge in [0.2, 0.25) is 0 Å². The zero-order chi connectivity index (χ0) is 15.2. The molecule has 0 radical (unpaired) electrons. The van der Waals surface area contributed by atoms with Gasteiger partial charge in [-0.15, -0.1) is 0 Å². The first-order chi connectivity index (χ1) is 10.1. The maximum Gasteiger partial charge on any atom is 0.253 e. The van der Waals surface area contributed by atoms with Crippen LogP contribution < -0.4 is 5.73 Å². The molecular formula is C15H20BrClN2O2. The first-order valence-electron chi connectivity index (χ1n) is 7.18. The normalized spacial score (nSPS) is 16.2. The van der Waals surface area contributed by atoms with Crippen LogP contribution >= 0.6 is 27.5 Å².